The predicted molar refractivity (Wildman–Crippen MR) is 223 cm³/mol. The normalized spacial score (nSPS) is 27.0. The van der Waals surface area contributed by atoms with Crippen LogP contribution in [0, 0.1) is 17.8 Å². The third-order valence-corrected chi connectivity index (χ3v) is 10.9. The van der Waals surface area contributed by atoms with Crippen molar-refractivity contribution in [2.24, 2.45) is 17.8 Å². The Labute approximate surface area is 349 Å². The molecule has 9 atom stereocenters. The van der Waals surface area contributed by atoms with E-state index in [1.165, 1.54) is 50.7 Å². The van der Waals surface area contributed by atoms with Gasteiger partial charge in [0.05, 0.1) is 12.6 Å². The number of aliphatic hydroxyl groups is 1. The molecule has 1 aliphatic rings. The van der Waals surface area contributed by atoms with Crippen LogP contribution in [0.3, 0.4) is 0 Å². The number of aliphatic hydroxyl groups excluding tert-OH is 1. The number of benzene rings is 1. The first-order chi connectivity index (χ1) is 27.6. The molecular formula is C44H67N5O10. The van der Waals surface area contributed by atoms with Gasteiger partial charge in [0.15, 0.2) is 6.10 Å². The van der Waals surface area contributed by atoms with E-state index in [-0.39, 0.29) is 36.7 Å². The number of carbonyl (C=O) groups excluding carboxylic acids is 7. The molecule has 4 N–H and O–H groups in total. The maximum Gasteiger partial charge on any atom is 0.334 e. The highest BCUT2D eigenvalue weighted by Crippen LogP contribution is 2.23. The topological polar surface area (TPSA) is 201 Å². The molecule has 1 aromatic carbocycles. The molecule has 0 fully saturated rings. The van der Waals surface area contributed by atoms with E-state index in [1.807, 2.05) is 26.8 Å². The van der Waals surface area contributed by atoms with Gasteiger partial charge >= 0.3 is 11.9 Å². The van der Waals surface area contributed by atoms with Gasteiger partial charge in [-0.25, -0.2) is 9.59 Å². The number of amides is 5. The summed E-state index contributed by atoms with van der Waals surface area (Å²) in [4.78, 5) is 98.3. The number of carbonyl (C=O) groups is 7. The first kappa shape index (κ1) is 50.1. The summed E-state index contributed by atoms with van der Waals surface area (Å²) in [5.41, 5.74) is 1.48. The fraction of sp³-hybridized carbons (Fsp3) is 0.614. The molecule has 0 spiro atoms. The van der Waals surface area contributed by atoms with Gasteiger partial charge in [0.2, 0.25) is 23.6 Å². The number of allylic oxidation sites excluding steroid dienone is 1. The third-order valence-electron chi connectivity index (χ3n) is 10.9. The maximum absolute atomic E-state index is 14.1. The van der Waals surface area contributed by atoms with Crippen LogP contribution in [0.5, 0.6) is 0 Å². The summed E-state index contributed by atoms with van der Waals surface area (Å²) in [6.07, 6.45) is 0.658. The molecule has 0 saturated heterocycles. The molecular weight excluding hydrogens is 759 g/mol. The zero-order chi connectivity index (χ0) is 44.7. The van der Waals surface area contributed by atoms with E-state index in [1.54, 1.807) is 58.0 Å². The minimum atomic E-state index is -1.28. The van der Waals surface area contributed by atoms with Gasteiger partial charge in [-0.1, -0.05) is 83.5 Å². The number of hydrogen-bond acceptors (Lipinski definition) is 10. The molecule has 0 aliphatic carbocycles. The molecule has 1 aromatic rings. The molecule has 1 heterocycles. The van der Waals surface area contributed by atoms with Gasteiger partial charge in [-0.05, 0) is 64.0 Å². The number of hydrogen-bond donors (Lipinski definition) is 4. The van der Waals surface area contributed by atoms with Gasteiger partial charge in [-0.15, -0.1) is 0 Å². The van der Waals surface area contributed by atoms with E-state index in [0.29, 0.717) is 12.0 Å². The SMILES string of the molecule is C/C=C(\C)[C@@H](O)[C@@H](C)[C@H]1C/C=C(/C)C(=O)O[C@H](CC(C)C)C(=O)N[C@H](C)C(=O)N(C)[C@H](Cc2ccccc2)C(=O)N(C)CC(=O)N[C@@H]([C@@H](C)CC)C(=O)N[C@H](C)C(=O)O1. The Morgan fingerprint density at radius 2 is 1.51 bits per heavy atom. The fourth-order valence-corrected chi connectivity index (χ4v) is 6.53. The van der Waals surface area contributed by atoms with Crippen LogP contribution >= 0.6 is 0 Å². The Kier molecular flexibility index (Phi) is 20.0. The molecule has 15 nitrogen and oxygen atoms in total. The number of ether oxygens (including phenoxy) is 2. The van der Waals surface area contributed by atoms with Crippen LogP contribution in [0.4, 0.5) is 0 Å². The highest BCUT2D eigenvalue weighted by molar-refractivity contribution is 5.96. The lowest BCUT2D eigenvalue weighted by Crippen LogP contribution is -2.57. The second-order valence-corrected chi connectivity index (χ2v) is 16.2. The molecule has 0 bridgehead atoms. The average molecular weight is 826 g/mol. The van der Waals surface area contributed by atoms with Crippen LogP contribution in [0.15, 0.2) is 53.6 Å². The molecule has 15 heteroatoms. The van der Waals surface area contributed by atoms with Crippen LogP contribution < -0.4 is 16.0 Å². The average Bonchev–Trinajstić information content (AvgIpc) is 3.20. The van der Waals surface area contributed by atoms with Crippen molar-refractivity contribution in [2.45, 2.75) is 137 Å². The van der Waals surface area contributed by atoms with Crippen LogP contribution in [0.2, 0.25) is 0 Å². The van der Waals surface area contributed by atoms with Crippen molar-refractivity contribution in [3.8, 4) is 0 Å². The highest BCUT2D eigenvalue weighted by Gasteiger charge is 2.36. The number of nitrogens with one attached hydrogen (secondary N) is 3. The summed E-state index contributed by atoms with van der Waals surface area (Å²) >= 11 is 0. The lowest BCUT2D eigenvalue weighted by atomic mass is 9.90. The summed E-state index contributed by atoms with van der Waals surface area (Å²) in [5, 5.41) is 19.1. The minimum Gasteiger partial charge on any atom is -0.460 e. The number of cyclic esters (lactones) is 2. The Morgan fingerprint density at radius 3 is 2.08 bits per heavy atom. The molecule has 0 aromatic heterocycles. The monoisotopic (exact) mass is 825 g/mol. The number of likely N-dealkylation sites (N-methyl/N-ethyl adjacent to an activating group) is 2. The maximum atomic E-state index is 14.1. The van der Waals surface area contributed by atoms with Crippen molar-refractivity contribution >= 4 is 41.5 Å². The van der Waals surface area contributed by atoms with Gasteiger partial charge in [0.25, 0.3) is 5.91 Å². The van der Waals surface area contributed by atoms with E-state index < -0.39 is 96.4 Å². The number of nitrogens with zero attached hydrogens (tertiary/aromatic N) is 2. The predicted octanol–water partition coefficient (Wildman–Crippen LogP) is 3.24. The van der Waals surface area contributed by atoms with E-state index >= 15 is 0 Å². The fourth-order valence-electron chi connectivity index (χ4n) is 6.53. The van der Waals surface area contributed by atoms with Crippen molar-refractivity contribution < 1.29 is 48.1 Å². The van der Waals surface area contributed by atoms with Crippen molar-refractivity contribution in [3.63, 3.8) is 0 Å². The Morgan fingerprint density at radius 1 is 0.898 bits per heavy atom. The van der Waals surface area contributed by atoms with Crippen molar-refractivity contribution in [1.82, 2.24) is 25.8 Å². The standard InChI is InChI=1S/C44H67N5O10/c1-13-26(5)37-40(53)46-31(10)44(57)58-34(29(8)38(51)27(6)14-2)21-20-28(7)43(56)59-35(22-25(3)4)39(52)45-30(9)41(54)49(12)33(23-32-18-16-15-17-19-32)42(55)48(11)24-36(50)47-37/h14-20,25-26,29-31,33-35,37-38,51H,13,21-24H2,1-12H3,(H,45,52)(H,46,53)(H,47,50)/b27-14+,28-20-/t26-,29-,30+,31+,33+,34+,35+,37-,38+/m0/s1. The lowest BCUT2D eigenvalue weighted by molar-refractivity contribution is -0.156. The molecule has 328 valence electrons. The van der Waals surface area contributed by atoms with Crippen molar-refractivity contribution in [3.05, 3.63) is 59.2 Å². The molecule has 0 radical (unpaired) electrons. The van der Waals surface area contributed by atoms with E-state index in [2.05, 4.69) is 16.0 Å². The van der Waals surface area contributed by atoms with Crippen LogP contribution in [0.25, 0.3) is 0 Å². The van der Waals surface area contributed by atoms with E-state index in [9.17, 15) is 38.7 Å². The van der Waals surface area contributed by atoms with Crippen molar-refractivity contribution in [2.75, 3.05) is 20.6 Å². The van der Waals surface area contributed by atoms with Gasteiger partial charge in [0.1, 0.15) is 30.3 Å². The smallest absolute Gasteiger partial charge is 0.334 e. The minimum absolute atomic E-state index is 0.0244. The van der Waals surface area contributed by atoms with Gasteiger partial charge in [0, 0.05) is 38.4 Å². The lowest BCUT2D eigenvalue weighted by Gasteiger charge is -2.33. The molecule has 5 amide bonds. The quantitative estimate of drug-likeness (QED) is 0.212. The van der Waals surface area contributed by atoms with Crippen LogP contribution in [-0.2, 0) is 49.5 Å². The van der Waals surface area contributed by atoms with Gasteiger partial charge in [-0.3, -0.25) is 24.0 Å². The molecule has 59 heavy (non-hydrogen) atoms. The van der Waals surface area contributed by atoms with Gasteiger partial charge in [-0.2, -0.15) is 0 Å². The van der Waals surface area contributed by atoms with Gasteiger partial charge < -0.3 is 40.3 Å². The molecule has 2 rings (SSSR count). The Hall–Kier alpha value is -5.05. The summed E-state index contributed by atoms with van der Waals surface area (Å²) in [6, 6.07) is 4.50. The zero-order valence-electron chi connectivity index (χ0n) is 36.9. The zero-order valence-corrected chi connectivity index (χ0v) is 36.9. The summed E-state index contributed by atoms with van der Waals surface area (Å²) in [5.74, 6) is -5.92. The summed E-state index contributed by atoms with van der Waals surface area (Å²) < 4.78 is 11.6. The highest BCUT2D eigenvalue weighted by atomic mass is 16.6. The van der Waals surface area contributed by atoms with E-state index in [0.717, 1.165) is 5.56 Å². The first-order valence-corrected chi connectivity index (χ1v) is 20.5. The van der Waals surface area contributed by atoms with E-state index in [4.69, 9.17) is 9.47 Å². The summed E-state index contributed by atoms with van der Waals surface area (Å²) in [7, 11) is 2.86. The van der Waals surface area contributed by atoms with Crippen LogP contribution in [0.1, 0.15) is 94.1 Å². The number of rotatable bonds is 9. The molecule has 0 saturated carbocycles. The van der Waals surface area contributed by atoms with Crippen molar-refractivity contribution in [1.29, 1.82) is 0 Å². The molecule has 0 unspecified atom stereocenters. The largest absolute Gasteiger partial charge is 0.460 e. The third kappa shape index (κ3) is 14.9. The first-order valence-electron chi connectivity index (χ1n) is 20.5. The Balaban J connectivity index is 2.65. The van der Waals surface area contributed by atoms with Crippen LogP contribution in [-0.4, -0.2) is 120 Å². The number of esters is 2. The second-order valence-electron chi connectivity index (χ2n) is 16.2. The Bertz CT molecular complexity index is 1700. The summed E-state index contributed by atoms with van der Waals surface area (Å²) in [6.45, 7) is 16.4. The molecule has 1 aliphatic heterocycles. The second kappa shape index (κ2) is 23.5.